The summed E-state index contributed by atoms with van der Waals surface area (Å²) < 4.78 is 10.3. The summed E-state index contributed by atoms with van der Waals surface area (Å²) in [4.78, 5) is 23.8. The van der Waals surface area contributed by atoms with Crippen LogP contribution in [0.1, 0.15) is 23.5 Å². The molecule has 3 aromatic carbocycles. The Balaban J connectivity index is 1.42. The quantitative estimate of drug-likeness (QED) is 0.521. The fraction of sp³-hybridized carbons (Fsp3) is 0.200. The summed E-state index contributed by atoms with van der Waals surface area (Å²) in [6.07, 6.45) is 0.741. The molecule has 30 heavy (non-hydrogen) atoms. The van der Waals surface area contributed by atoms with Crippen molar-refractivity contribution >= 4 is 11.9 Å². The Bertz CT molecular complexity index is 874. The minimum Gasteiger partial charge on any atom is -0.482 e. The number of carbonyl (C=O) groups is 2. The highest BCUT2D eigenvalue weighted by Crippen LogP contribution is 2.27. The van der Waals surface area contributed by atoms with Crippen LogP contribution >= 0.6 is 0 Å². The maximum atomic E-state index is 12.0. The van der Waals surface area contributed by atoms with Gasteiger partial charge in [-0.15, -0.1) is 0 Å². The van der Waals surface area contributed by atoms with Crippen molar-refractivity contribution in [1.82, 2.24) is 5.32 Å². The van der Waals surface area contributed by atoms with E-state index in [4.69, 9.17) is 9.47 Å². The van der Waals surface area contributed by atoms with E-state index in [2.05, 4.69) is 29.6 Å². The van der Waals surface area contributed by atoms with Crippen LogP contribution in [0.3, 0.4) is 0 Å². The van der Waals surface area contributed by atoms with Crippen molar-refractivity contribution in [3.8, 4) is 5.75 Å². The monoisotopic (exact) mass is 403 g/mol. The molecule has 3 aromatic rings. The molecule has 0 aliphatic heterocycles. The first-order valence-electron chi connectivity index (χ1n) is 9.92. The third kappa shape index (κ3) is 6.78. The average molecular weight is 403 g/mol. The smallest absolute Gasteiger partial charge is 0.344 e. The number of para-hydroxylation sites is 1. The number of hydrogen-bond donors (Lipinski definition) is 1. The van der Waals surface area contributed by atoms with Crippen molar-refractivity contribution in [3.63, 3.8) is 0 Å². The molecule has 0 aliphatic rings. The number of benzene rings is 3. The highest BCUT2D eigenvalue weighted by Gasteiger charge is 2.14. The number of carbonyl (C=O) groups excluding carboxylic acids is 2. The maximum absolute atomic E-state index is 12.0. The number of rotatable bonds is 10. The zero-order chi connectivity index (χ0) is 21.0. The molecule has 3 rings (SSSR count). The van der Waals surface area contributed by atoms with Gasteiger partial charge in [-0.2, -0.15) is 0 Å². The molecule has 0 bridgehead atoms. The van der Waals surface area contributed by atoms with E-state index in [1.807, 2.05) is 54.6 Å². The third-order valence-electron chi connectivity index (χ3n) is 4.62. The number of hydrogen-bond acceptors (Lipinski definition) is 4. The van der Waals surface area contributed by atoms with Gasteiger partial charge in [0.25, 0.3) is 5.91 Å². The van der Waals surface area contributed by atoms with Crippen LogP contribution in [0.25, 0.3) is 0 Å². The molecule has 0 spiro atoms. The lowest BCUT2D eigenvalue weighted by atomic mass is 9.88. The first-order chi connectivity index (χ1) is 14.7. The Kier molecular flexibility index (Phi) is 8.03. The fourth-order valence-corrected chi connectivity index (χ4v) is 3.15. The summed E-state index contributed by atoms with van der Waals surface area (Å²) in [5.74, 6) is -0.162. The van der Waals surface area contributed by atoms with Gasteiger partial charge in [-0.25, -0.2) is 4.79 Å². The Morgan fingerprint density at radius 3 is 1.83 bits per heavy atom. The SMILES string of the molecule is O=C(COC(=O)COc1ccccc1)NCCC(c1ccccc1)c1ccccc1. The molecule has 0 unspecified atom stereocenters. The minimum absolute atomic E-state index is 0.175. The zero-order valence-electron chi connectivity index (χ0n) is 16.7. The van der Waals surface area contributed by atoms with Crippen LogP contribution in [0.2, 0.25) is 0 Å². The normalized spacial score (nSPS) is 10.4. The van der Waals surface area contributed by atoms with Gasteiger partial charge in [0.1, 0.15) is 5.75 Å². The van der Waals surface area contributed by atoms with Gasteiger partial charge in [-0.1, -0.05) is 78.9 Å². The van der Waals surface area contributed by atoms with Crippen LogP contribution in [0.15, 0.2) is 91.0 Å². The molecule has 0 saturated heterocycles. The second kappa shape index (κ2) is 11.4. The summed E-state index contributed by atoms with van der Waals surface area (Å²) in [5, 5.41) is 2.82. The van der Waals surface area contributed by atoms with E-state index in [0.29, 0.717) is 12.3 Å². The molecule has 1 N–H and O–H groups in total. The lowest BCUT2D eigenvalue weighted by molar-refractivity contribution is -0.150. The molecule has 0 saturated carbocycles. The summed E-state index contributed by atoms with van der Waals surface area (Å²) in [5.41, 5.74) is 2.39. The van der Waals surface area contributed by atoms with Crippen LogP contribution < -0.4 is 10.1 Å². The molecule has 0 atom stereocenters. The molecule has 0 aliphatic carbocycles. The zero-order valence-corrected chi connectivity index (χ0v) is 16.7. The third-order valence-corrected chi connectivity index (χ3v) is 4.62. The molecular weight excluding hydrogens is 378 g/mol. The van der Waals surface area contributed by atoms with Gasteiger partial charge >= 0.3 is 5.97 Å². The summed E-state index contributed by atoms with van der Waals surface area (Å²) in [7, 11) is 0. The summed E-state index contributed by atoms with van der Waals surface area (Å²) in [6.45, 7) is -0.0783. The number of esters is 1. The lowest BCUT2D eigenvalue weighted by Crippen LogP contribution is -2.31. The number of ether oxygens (including phenoxy) is 2. The van der Waals surface area contributed by atoms with Crippen LogP contribution in [-0.2, 0) is 14.3 Å². The van der Waals surface area contributed by atoms with E-state index in [-0.39, 0.29) is 25.0 Å². The van der Waals surface area contributed by atoms with Crippen molar-refractivity contribution < 1.29 is 19.1 Å². The molecule has 0 heterocycles. The van der Waals surface area contributed by atoms with Crippen LogP contribution in [0.5, 0.6) is 5.75 Å². The largest absolute Gasteiger partial charge is 0.482 e. The fourth-order valence-electron chi connectivity index (χ4n) is 3.15. The van der Waals surface area contributed by atoms with Crippen LogP contribution in [0, 0.1) is 0 Å². The summed E-state index contributed by atoms with van der Waals surface area (Å²) in [6, 6.07) is 29.4. The molecular formula is C25H25NO4. The van der Waals surface area contributed by atoms with Crippen molar-refractivity contribution in [1.29, 1.82) is 0 Å². The predicted octanol–water partition coefficient (Wildman–Crippen LogP) is 3.95. The Labute approximate surface area is 176 Å². The molecule has 5 nitrogen and oxygen atoms in total. The Morgan fingerprint density at radius 1 is 0.733 bits per heavy atom. The highest BCUT2D eigenvalue weighted by molar-refractivity contribution is 5.80. The molecule has 5 heteroatoms. The van der Waals surface area contributed by atoms with E-state index >= 15 is 0 Å². The Hall–Kier alpha value is -3.60. The number of amides is 1. The molecule has 1 amide bonds. The first kappa shape index (κ1) is 21.1. The second-order valence-electron chi connectivity index (χ2n) is 6.77. The molecule has 0 radical (unpaired) electrons. The predicted molar refractivity (Wildman–Crippen MR) is 115 cm³/mol. The van der Waals surface area contributed by atoms with E-state index < -0.39 is 5.97 Å². The topological polar surface area (TPSA) is 64.6 Å². The van der Waals surface area contributed by atoms with Crippen molar-refractivity contribution in [2.24, 2.45) is 0 Å². The standard InChI is InChI=1S/C25H25NO4/c27-24(18-30-25(28)19-29-22-14-8-3-9-15-22)26-17-16-23(20-10-4-1-5-11-20)21-12-6-2-7-13-21/h1-15,23H,16-19H2,(H,26,27). The van der Waals surface area contributed by atoms with Gasteiger partial charge in [-0.05, 0) is 29.7 Å². The van der Waals surface area contributed by atoms with Gasteiger partial charge in [0.15, 0.2) is 13.2 Å². The Morgan fingerprint density at radius 2 is 1.27 bits per heavy atom. The molecule has 0 fully saturated rings. The van der Waals surface area contributed by atoms with Crippen molar-refractivity contribution in [3.05, 3.63) is 102 Å². The van der Waals surface area contributed by atoms with Crippen molar-refractivity contribution in [2.45, 2.75) is 12.3 Å². The summed E-state index contributed by atoms with van der Waals surface area (Å²) >= 11 is 0. The van der Waals surface area contributed by atoms with E-state index in [1.165, 1.54) is 11.1 Å². The molecule has 0 aromatic heterocycles. The van der Waals surface area contributed by atoms with Gasteiger partial charge in [0.05, 0.1) is 0 Å². The van der Waals surface area contributed by atoms with E-state index in [9.17, 15) is 9.59 Å². The van der Waals surface area contributed by atoms with Gasteiger partial charge in [0.2, 0.25) is 0 Å². The minimum atomic E-state index is -0.583. The first-order valence-corrected chi connectivity index (χ1v) is 9.92. The van der Waals surface area contributed by atoms with Gasteiger partial charge < -0.3 is 14.8 Å². The number of nitrogens with one attached hydrogen (secondary N) is 1. The van der Waals surface area contributed by atoms with Crippen LogP contribution in [-0.4, -0.2) is 31.6 Å². The van der Waals surface area contributed by atoms with E-state index in [1.54, 1.807) is 12.1 Å². The highest BCUT2D eigenvalue weighted by atomic mass is 16.6. The second-order valence-corrected chi connectivity index (χ2v) is 6.77. The maximum Gasteiger partial charge on any atom is 0.344 e. The average Bonchev–Trinajstić information content (AvgIpc) is 2.81. The van der Waals surface area contributed by atoms with Gasteiger partial charge in [0, 0.05) is 12.5 Å². The van der Waals surface area contributed by atoms with Crippen molar-refractivity contribution in [2.75, 3.05) is 19.8 Å². The van der Waals surface area contributed by atoms with E-state index in [0.717, 1.165) is 6.42 Å². The van der Waals surface area contributed by atoms with Gasteiger partial charge in [-0.3, -0.25) is 4.79 Å². The lowest BCUT2D eigenvalue weighted by Gasteiger charge is -2.18. The molecule has 154 valence electrons. The van der Waals surface area contributed by atoms with Crippen LogP contribution in [0.4, 0.5) is 0 Å².